The van der Waals surface area contributed by atoms with Gasteiger partial charge in [-0.15, -0.1) is 0 Å². The maximum absolute atomic E-state index is 12.6. The Hall–Kier alpha value is -2.87. The molecule has 2 amide bonds. The lowest BCUT2D eigenvalue weighted by molar-refractivity contribution is -0.143. The molecule has 2 atom stereocenters. The number of fused-ring (bicyclic) bond motifs is 2. The van der Waals surface area contributed by atoms with Gasteiger partial charge in [0.2, 0.25) is 5.91 Å². The van der Waals surface area contributed by atoms with Crippen LogP contribution >= 0.6 is 0 Å². The van der Waals surface area contributed by atoms with Gasteiger partial charge in [0.1, 0.15) is 11.3 Å². The van der Waals surface area contributed by atoms with E-state index in [2.05, 4.69) is 12.2 Å². The minimum atomic E-state index is -0.639. The van der Waals surface area contributed by atoms with Gasteiger partial charge in [-0.05, 0) is 56.7 Å². The van der Waals surface area contributed by atoms with Gasteiger partial charge in [-0.25, -0.2) is 4.79 Å². The maximum atomic E-state index is 12.6. The Bertz CT molecular complexity index is 1140. The minimum Gasteiger partial charge on any atom is -0.483 e. The SMILES string of the molecule is CCCCc1cc(=O)oc2c(C)c(OCC(=O)NCC(=O)N3CC[C@@]4(O)CCCC[C@@H]4C3)ccc12. The number of nitrogens with one attached hydrogen (secondary N) is 1. The number of hydrogen-bond acceptors (Lipinski definition) is 6. The van der Waals surface area contributed by atoms with Gasteiger partial charge in [0.25, 0.3) is 5.91 Å². The summed E-state index contributed by atoms with van der Waals surface area (Å²) in [6.45, 7) is 4.62. The molecule has 2 fully saturated rings. The van der Waals surface area contributed by atoms with Crippen LogP contribution in [0.5, 0.6) is 5.75 Å². The number of unbranched alkanes of at least 4 members (excludes halogenated alkanes) is 1. The van der Waals surface area contributed by atoms with Crippen molar-refractivity contribution >= 4 is 22.8 Å². The number of ether oxygens (including phenoxy) is 1. The van der Waals surface area contributed by atoms with E-state index in [0.29, 0.717) is 36.4 Å². The molecule has 1 saturated carbocycles. The van der Waals surface area contributed by atoms with Crippen molar-refractivity contribution in [1.29, 1.82) is 0 Å². The van der Waals surface area contributed by atoms with Crippen LogP contribution in [0.15, 0.2) is 27.4 Å². The van der Waals surface area contributed by atoms with E-state index >= 15 is 0 Å². The van der Waals surface area contributed by atoms with Crippen molar-refractivity contribution in [1.82, 2.24) is 10.2 Å². The summed E-state index contributed by atoms with van der Waals surface area (Å²) in [5, 5.41) is 14.3. The Labute approximate surface area is 205 Å². The summed E-state index contributed by atoms with van der Waals surface area (Å²) in [6, 6.07) is 5.18. The van der Waals surface area contributed by atoms with E-state index in [1.165, 1.54) is 0 Å². The predicted molar refractivity (Wildman–Crippen MR) is 132 cm³/mol. The number of carbonyl (C=O) groups excluding carboxylic acids is 2. The maximum Gasteiger partial charge on any atom is 0.336 e. The second-order valence-electron chi connectivity index (χ2n) is 9.96. The predicted octanol–water partition coefficient (Wildman–Crippen LogP) is 3.09. The van der Waals surface area contributed by atoms with Crippen LogP contribution in [-0.2, 0) is 16.0 Å². The lowest BCUT2D eigenvalue weighted by atomic mass is 9.71. The van der Waals surface area contributed by atoms with Crippen molar-refractivity contribution in [2.45, 2.75) is 70.8 Å². The fourth-order valence-corrected chi connectivity index (χ4v) is 5.42. The van der Waals surface area contributed by atoms with Crippen LogP contribution in [-0.4, -0.2) is 53.7 Å². The molecule has 35 heavy (non-hydrogen) atoms. The molecule has 8 nitrogen and oxygen atoms in total. The highest BCUT2D eigenvalue weighted by molar-refractivity contribution is 5.86. The van der Waals surface area contributed by atoms with Crippen molar-refractivity contribution < 1.29 is 23.8 Å². The van der Waals surface area contributed by atoms with Crippen molar-refractivity contribution in [3.8, 4) is 5.75 Å². The Balaban J connectivity index is 1.31. The van der Waals surface area contributed by atoms with Gasteiger partial charge in [0.15, 0.2) is 6.61 Å². The van der Waals surface area contributed by atoms with Crippen LogP contribution in [0.2, 0.25) is 0 Å². The van der Waals surface area contributed by atoms with Crippen molar-refractivity contribution in [3.05, 3.63) is 39.7 Å². The van der Waals surface area contributed by atoms with Crippen LogP contribution in [0.25, 0.3) is 11.0 Å². The normalized spacial score (nSPS) is 22.0. The minimum absolute atomic E-state index is 0.0975. The van der Waals surface area contributed by atoms with Gasteiger partial charge in [-0.1, -0.05) is 26.2 Å². The zero-order valence-electron chi connectivity index (χ0n) is 20.7. The topological polar surface area (TPSA) is 109 Å². The van der Waals surface area contributed by atoms with E-state index in [-0.39, 0.29) is 25.0 Å². The first-order valence-corrected chi connectivity index (χ1v) is 12.8. The Morgan fingerprint density at radius 2 is 2.11 bits per heavy atom. The molecule has 2 heterocycles. The van der Waals surface area contributed by atoms with E-state index in [4.69, 9.17) is 9.15 Å². The molecule has 0 unspecified atom stereocenters. The summed E-state index contributed by atoms with van der Waals surface area (Å²) in [4.78, 5) is 38.8. The Morgan fingerprint density at radius 1 is 1.29 bits per heavy atom. The number of aliphatic hydroxyl groups is 1. The number of aryl methyl sites for hydroxylation is 2. The molecule has 4 rings (SSSR count). The molecular formula is C27H36N2O6. The number of carbonyl (C=O) groups is 2. The van der Waals surface area contributed by atoms with Crippen molar-refractivity contribution in [2.24, 2.45) is 5.92 Å². The van der Waals surface area contributed by atoms with Gasteiger partial charge in [0, 0.05) is 36.0 Å². The van der Waals surface area contributed by atoms with Gasteiger partial charge < -0.3 is 24.5 Å². The molecule has 2 aromatic rings. The van der Waals surface area contributed by atoms with Crippen LogP contribution in [0.3, 0.4) is 0 Å². The molecule has 190 valence electrons. The summed E-state index contributed by atoms with van der Waals surface area (Å²) in [6.07, 6.45) is 7.27. The monoisotopic (exact) mass is 484 g/mol. The highest BCUT2D eigenvalue weighted by Gasteiger charge is 2.43. The number of hydrogen-bond donors (Lipinski definition) is 2. The molecule has 2 N–H and O–H groups in total. The Morgan fingerprint density at radius 3 is 2.91 bits per heavy atom. The zero-order chi connectivity index (χ0) is 25.0. The molecule has 0 spiro atoms. The number of nitrogens with zero attached hydrogens (tertiary/aromatic N) is 1. The lowest BCUT2D eigenvalue weighted by Gasteiger charge is -2.47. The highest BCUT2D eigenvalue weighted by Crippen LogP contribution is 2.39. The summed E-state index contributed by atoms with van der Waals surface area (Å²) in [5.74, 6) is 0.0326. The third kappa shape index (κ3) is 5.69. The molecule has 1 aliphatic heterocycles. The second-order valence-corrected chi connectivity index (χ2v) is 9.96. The average molecular weight is 485 g/mol. The van der Waals surface area contributed by atoms with Crippen LogP contribution < -0.4 is 15.7 Å². The van der Waals surface area contributed by atoms with Gasteiger partial charge in [0.05, 0.1) is 12.1 Å². The van der Waals surface area contributed by atoms with E-state index < -0.39 is 17.1 Å². The molecule has 2 aliphatic rings. The molecule has 1 aromatic carbocycles. The summed E-state index contributed by atoms with van der Waals surface area (Å²) in [5.41, 5.74) is 1.05. The Kier molecular flexibility index (Phi) is 7.79. The molecule has 1 aliphatic carbocycles. The fraction of sp³-hybridized carbons (Fsp3) is 0.593. The number of benzene rings is 1. The molecule has 1 aromatic heterocycles. The smallest absolute Gasteiger partial charge is 0.336 e. The van der Waals surface area contributed by atoms with E-state index in [1.54, 1.807) is 24.0 Å². The molecular weight excluding hydrogens is 448 g/mol. The first-order chi connectivity index (χ1) is 16.8. The molecule has 0 radical (unpaired) electrons. The van der Waals surface area contributed by atoms with Gasteiger partial charge in [-0.3, -0.25) is 9.59 Å². The van der Waals surface area contributed by atoms with E-state index in [1.807, 2.05) is 6.07 Å². The number of piperidine rings is 1. The molecule has 1 saturated heterocycles. The quantitative estimate of drug-likeness (QED) is 0.558. The highest BCUT2D eigenvalue weighted by atomic mass is 16.5. The third-order valence-corrected chi connectivity index (χ3v) is 7.57. The van der Waals surface area contributed by atoms with E-state index in [0.717, 1.165) is 55.9 Å². The van der Waals surface area contributed by atoms with Crippen LogP contribution in [0, 0.1) is 12.8 Å². The standard InChI is InChI=1S/C27H36N2O6/c1-3-4-7-19-14-25(32)35-26-18(2)22(10-9-21(19)26)34-17-23(30)28-15-24(31)29-13-12-27(33)11-6-5-8-20(27)16-29/h9-10,14,20,33H,3-8,11-13,15-17H2,1-2H3,(H,28,30)/t20-,27+/m1/s1. The van der Waals surface area contributed by atoms with Crippen LogP contribution in [0.1, 0.15) is 63.0 Å². The summed E-state index contributed by atoms with van der Waals surface area (Å²) in [7, 11) is 0. The largest absolute Gasteiger partial charge is 0.483 e. The van der Waals surface area contributed by atoms with Crippen molar-refractivity contribution in [3.63, 3.8) is 0 Å². The zero-order valence-corrected chi connectivity index (χ0v) is 20.7. The van der Waals surface area contributed by atoms with Crippen molar-refractivity contribution in [2.75, 3.05) is 26.2 Å². The van der Waals surface area contributed by atoms with Crippen LogP contribution in [0.4, 0.5) is 0 Å². The van der Waals surface area contributed by atoms with Gasteiger partial charge >= 0.3 is 5.63 Å². The third-order valence-electron chi connectivity index (χ3n) is 7.57. The molecule has 8 heteroatoms. The molecule has 0 bridgehead atoms. The van der Waals surface area contributed by atoms with E-state index in [9.17, 15) is 19.5 Å². The average Bonchev–Trinajstić information content (AvgIpc) is 2.85. The number of likely N-dealkylation sites (tertiary alicyclic amines) is 1. The summed E-state index contributed by atoms with van der Waals surface area (Å²) >= 11 is 0. The number of rotatable bonds is 8. The lowest BCUT2D eigenvalue weighted by Crippen LogP contribution is -2.56. The first-order valence-electron chi connectivity index (χ1n) is 12.8. The second kappa shape index (κ2) is 10.8. The van der Waals surface area contributed by atoms with Gasteiger partial charge in [-0.2, -0.15) is 0 Å². The first kappa shape index (κ1) is 25.2. The fourth-order valence-electron chi connectivity index (χ4n) is 5.42. The number of amides is 2. The summed E-state index contributed by atoms with van der Waals surface area (Å²) < 4.78 is 11.1.